The maximum atomic E-state index is 13.6. The number of nitrogens with zero attached hydrogens (tertiary/aromatic N) is 3. The molecule has 3 aromatic rings. The number of nitrogens with one attached hydrogen (secondary N) is 3. The topological polar surface area (TPSA) is 154 Å². The standard InChI is InChI=1S/C30H38N6O5S/c1-29(2,3)30(20-26(37)38,35-42(40,41)25-11-5-4-6-12-25)34-27(39)23-9-7-10-24(19-23)36-17-13-22(14-18-36)21-33-28-31-15-8-16-32-28/h4-12,15-16,19,22,35H,13-14,17-18,20-21H2,1-3H3,(H,34,39)(H,37,38)(H,31,32,33). The highest BCUT2D eigenvalue weighted by Crippen LogP contribution is 2.34. The van der Waals surface area contributed by atoms with E-state index in [0.717, 1.165) is 38.2 Å². The zero-order valence-corrected chi connectivity index (χ0v) is 24.9. The van der Waals surface area contributed by atoms with Crippen molar-refractivity contribution in [2.45, 2.75) is 50.6 Å². The molecule has 11 nitrogen and oxygen atoms in total. The molecule has 0 bridgehead atoms. The number of sulfonamides is 1. The molecule has 1 atom stereocenters. The summed E-state index contributed by atoms with van der Waals surface area (Å²) in [7, 11) is -4.18. The number of hydrogen-bond acceptors (Lipinski definition) is 8. The minimum atomic E-state index is -4.18. The van der Waals surface area contributed by atoms with Crippen LogP contribution in [0.2, 0.25) is 0 Å². The third-order valence-corrected chi connectivity index (χ3v) is 9.10. The van der Waals surface area contributed by atoms with E-state index in [0.29, 0.717) is 17.4 Å². The summed E-state index contributed by atoms with van der Waals surface area (Å²) in [6.07, 6.45) is 4.63. The molecule has 224 valence electrons. The molecular formula is C30H38N6O5S. The zero-order valence-electron chi connectivity index (χ0n) is 24.1. The summed E-state index contributed by atoms with van der Waals surface area (Å²) in [5, 5.41) is 15.8. The molecule has 4 N–H and O–H groups in total. The quantitative estimate of drug-likeness (QED) is 0.243. The number of carbonyl (C=O) groups is 2. The van der Waals surface area contributed by atoms with Crippen LogP contribution < -0.4 is 20.3 Å². The second-order valence-corrected chi connectivity index (χ2v) is 13.2. The summed E-state index contributed by atoms with van der Waals surface area (Å²) in [6.45, 7) is 7.43. The molecular weight excluding hydrogens is 556 g/mol. The highest BCUT2D eigenvalue weighted by molar-refractivity contribution is 7.89. The van der Waals surface area contributed by atoms with Crippen LogP contribution in [-0.2, 0) is 14.8 Å². The highest BCUT2D eigenvalue weighted by Gasteiger charge is 2.48. The fraction of sp³-hybridized carbons (Fsp3) is 0.400. The molecule has 0 radical (unpaired) electrons. The van der Waals surface area contributed by atoms with Gasteiger partial charge in [-0.25, -0.2) is 18.4 Å². The average molecular weight is 595 g/mol. The Morgan fingerprint density at radius 2 is 1.64 bits per heavy atom. The Labute approximate surface area is 246 Å². The van der Waals surface area contributed by atoms with E-state index in [1.165, 1.54) is 12.1 Å². The number of amides is 1. The van der Waals surface area contributed by atoms with E-state index in [1.54, 1.807) is 75.6 Å². The summed E-state index contributed by atoms with van der Waals surface area (Å²) in [6, 6.07) is 16.5. The first kappa shape index (κ1) is 30.9. The Morgan fingerprint density at radius 1 is 0.976 bits per heavy atom. The number of carbonyl (C=O) groups excluding carboxylic acids is 1. The van der Waals surface area contributed by atoms with Crippen molar-refractivity contribution in [3.05, 3.63) is 78.6 Å². The zero-order chi connectivity index (χ0) is 30.4. The minimum Gasteiger partial charge on any atom is -0.481 e. The lowest BCUT2D eigenvalue weighted by Gasteiger charge is -2.44. The Bertz CT molecular complexity index is 1470. The van der Waals surface area contributed by atoms with Crippen molar-refractivity contribution in [1.82, 2.24) is 20.0 Å². The first-order chi connectivity index (χ1) is 19.9. The molecule has 2 aromatic carbocycles. The molecule has 1 amide bonds. The van der Waals surface area contributed by atoms with Gasteiger partial charge in [0.25, 0.3) is 5.91 Å². The van der Waals surface area contributed by atoms with Gasteiger partial charge in [-0.05, 0) is 55.2 Å². The maximum Gasteiger partial charge on any atom is 0.307 e. The number of anilines is 2. The van der Waals surface area contributed by atoms with E-state index in [2.05, 4.69) is 30.2 Å². The van der Waals surface area contributed by atoms with E-state index in [-0.39, 0.29) is 4.90 Å². The van der Waals surface area contributed by atoms with Gasteiger partial charge in [0, 0.05) is 48.7 Å². The average Bonchev–Trinajstić information content (AvgIpc) is 2.96. The first-order valence-electron chi connectivity index (χ1n) is 13.9. The monoisotopic (exact) mass is 594 g/mol. The summed E-state index contributed by atoms with van der Waals surface area (Å²) >= 11 is 0. The molecule has 1 aliphatic heterocycles. The molecule has 1 unspecified atom stereocenters. The van der Waals surface area contributed by atoms with Gasteiger partial charge in [-0.2, -0.15) is 4.72 Å². The molecule has 12 heteroatoms. The van der Waals surface area contributed by atoms with Crippen molar-refractivity contribution in [3.8, 4) is 0 Å². The fourth-order valence-electron chi connectivity index (χ4n) is 4.96. The van der Waals surface area contributed by atoms with Gasteiger partial charge in [-0.1, -0.05) is 45.0 Å². The molecule has 0 saturated carbocycles. The number of carboxylic acid groups (broad SMARTS) is 1. The van der Waals surface area contributed by atoms with Crippen molar-refractivity contribution in [2.75, 3.05) is 29.9 Å². The molecule has 1 saturated heterocycles. The third-order valence-electron chi connectivity index (χ3n) is 7.59. The smallest absolute Gasteiger partial charge is 0.307 e. The SMILES string of the molecule is CC(C)(C)C(CC(=O)O)(NC(=O)c1cccc(N2CCC(CNc3ncccn3)CC2)c1)NS(=O)(=O)c1ccccc1. The molecule has 42 heavy (non-hydrogen) atoms. The van der Waals surface area contributed by atoms with Gasteiger partial charge in [0.2, 0.25) is 16.0 Å². The molecule has 4 rings (SSSR count). The van der Waals surface area contributed by atoms with Gasteiger partial charge in [0.1, 0.15) is 5.66 Å². The summed E-state index contributed by atoms with van der Waals surface area (Å²) in [5.41, 5.74) is -1.67. The number of aliphatic carboxylic acids is 1. The molecule has 1 aromatic heterocycles. The van der Waals surface area contributed by atoms with Crippen LogP contribution in [-0.4, -0.2) is 60.7 Å². The van der Waals surface area contributed by atoms with E-state index < -0.39 is 39.4 Å². The molecule has 2 heterocycles. The summed E-state index contributed by atoms with van der Waals surface area (Å²) < 4.78 is 29.2. The van der Waals surface area contributed by atoms with E-state index >= 15 is 0 Å². The second-order valence-electron chi connectivity index (χ2n) is 11.5. The van der Waals surface area contributed by atoms with Gasteiger partial charge in [-0.15, -0.1) is 0 Å². The minimum absolute atomic E-state index is 0.0323. The molecule has 0 spiro atoms. The Morgan fingerprint density at radius 3 is 2.26 bits per heavy atom. The largest absolute Gasteiger partial charge is 0.481 e. The number of aromatic nitrogens is 2. The summed E-state index contributed by atoms with van der Waals surface area (Å²) in [5.74, 6) is -0.770. The van der Waals surface area contributed by atoms with Crippen LogP contribution in [0.1, 0.15) is 50.4 Å². The Balaban J connectivity index is 1.49. The first-order valence-corrected chi connectivity index (χ1v) is 15.4. The van der Waals surface area contributed by atoms with Crippen LogP contribution in [0.15, 0.2) is 78.0 Å². The lowest BCUT2D eigenvalue weighted by Crippen LogP contribution is -2.68. The second kappa shape index (κ2) is 12.9. The van der Waals surface area contributed by atoms with Gasteiger partial charge in [-0.3, -0.25) is 9.59 Å². The van der Waals surface area contributed by atoms with Crippen LogP contribution in [0.4, 0.5) is 11.6 Å². The van der Waals surface area contributed by atoms with Crippen LogP contribution in [0.3, 0.4) is 0 Å². The predicted molar refractivity (Wildman–Crippen MR) is 161 cm³/mol. The van der Waals surface area contributed by atoms with Crippen molar-refractivity contribution < 1.29 is 23.1 Å². The van der Waals surface area contributed by atoms with Crippen LogP contribution in [0, 0.1) is 11.3 Å². The van der Waals surface area contributed by atoms with Crippen molar-refractivity contribution in [1.29, 1.82) is 0 Å². The number of carboxylic acids is 1. The summed E-state index contributed by atoms with van der Waals surface area (Å²) in [4.78, 5) is 36.2. The van der Waals surface area contributed by atoms with Crippen molar-refractivity contribution in [2.24, 2.45) is 11.3 Å². The third kappa shape index (κ3) is 7.62. The molecule has 1 fully saturated rings. The van der Waals surface area contributed by atoms with E-state index in [1.807, 2.05) is 6.07 Å². The highest BCUT2D eigenvalue weighted by atomic mass is 32.2. The van der Waals surface area contributed by atoms with Gasteiger partial charge >= 0.3 is 5.97 Å². The number of piperidine rings is 1. The van der Waals surface area contributed by atoms with Gasteiger partial charge in [0.15, 0.2) is 0 Å². The lowest BCUT2D eigenvalue weighted by atomic mass is 9.78. The van der Waals surface area contributed by atoms with Crippen molar-refractivity contribution in [3.63, 3.8) is 0 Å². The maximum absolute atomic E-state index is 13.6. The number of hydrogen-bond donors (Lipinski definition) is 4. The van der Waals surface area contributed by atoms with E-state index in [9.17, 15) is 23.1 Å². The van der Waals surface area contributed by atoms with E-state index in [4.69, 9.17) is 0 Å². The van der Waals surface area contributed by atoms with Gasteiger partial charge < -0.3 is 20.6 Å². The number of rotatable bonds is 11. The predicted octanol–water partition coefficient (Wildman–Crippen LogP) is 3.73. The van der Waals surface area contributed by atoms with Crippen LogP contribution in [0.25, 0.3) is 0 Å². The fourth-order valence-corrected chi connectivity index (χ4v) is 6.48. The lowest BCUT2D eigenvalue weighted by molar-refractivity contribution is -0.140. The van der Waals surface area contributed by atoms with Crippen LogP contribution in [0.5, 0.6) is 0 Å². The normalized spacial score (nSPS) is 15.9. The number of benzene rings is 2. The Hall–Kier alpha value is -4.03. The van der Waals surface area contributed by atoms with Gasteiger partial charge in [0.05, 0.1) is 11.3 Å². The van der Waals surface area contributed by atoms with Crippen LogP contribution >= 0.6 is 0 Å². The Kier molecular flexibility index (Phi) is 9.47. The molecule has 1 aliphatic rings. The van der Waals surface area contributed by atoms with Crippen molar-refractivity contribution >= 4 is 33.5 Å². The molecule has 0 aliphatic carbocycles.